The Morgan fingerprint density at radius 1 is 1.35 bits per heavy atom. The van der Waals surface area contributed by atoms with Crippen LogP contribution in [-0.2, 0) is 0 Å². The minimum atomic E-state index is 0.476. The van der Waals surface area contributed by atoms with Gasteiger partial charge in [0.2, 0.25) is 0 Å². The van der Waals surface area contributed by atoms with Crippen LogP contribution in [0.15, 0.2) is 0 Å². The minimum absolute atomic E-state index is 0.476. The minimum Gasteiger partial charge on any atom is -0.313 e. The van der Waals surface area contributed by atoms with Crippen molar-refractivity contribution in [2.75, 3.05) is 12.3 Å². The van der Waals surface area contributed by atoms with Crippen LogP contribution in [0.1, 0.15) is 60.3 Å². The van der Waals surface area contributed by atoms with E-state index in [0.29, 0.717) is 11.5 Å². The molecule has 0 amide bonds. The number of nitrogens with one attached hydrogen (secondary N) is 1. The first kappa shape index (κ1) is 15.4. The van der Waals surface area contributed by atoms with Crippen molar-refractivity contribution in [3.63, 3.8) is 0 Å². The molecule has 0 heterocycles. The van der Waals surface area contributed by atoms with E-state index in [-0.39, 0.29) is 0 Å². The lowest BCUT2D eigenvalue weighted by Gasteiger charge is -2.44. The van der Waals surface area contributed by atoms with Crippen LogP contribution in [0.4, 0.5) is 0 Å². The standard InChI is InChI=1S/C15H31NS/c1-6-16-14-13(17-11-9-12(2)3)8-7-10-15(14,4)5/h12-14,16H,6-11H2,1-5H3. The van der Waals surface area contributed by atoms with Gasteiger partial charge in [-0.05, 0) is 42.9 Å². The molecular weight excluding hydrogens is 226 g/mol. The maximum atomic E-state index is 3.74. The first-order valence-corrected chi connectivity index (χ1v) is 8.37. The van der Waals surface area contributed by atoms with Gasteiger partial charge in [0.05, 0.1) is 0 Å². The molecule has 0 aromatic heterocycles. The Kier molecular flexibility index (Phi) is 6.36. The molecule has 0 spiro atoms. The van der Waals surface area contributed by atoms with Gasteiger partial charge in [0.25, 0.3) is 0 Å². The van der Waals surface area contributed by atoms with Crippen LogP contribution >= 0.6 is 11.8 Å². The van der Waals surface area contributed by atoms with E-state index in [1.807, 2.05) is 0 Å². The van der Waals surface area contributed by atoms with E-state index in [0.717, 1.165) is 17.7 Å². The molecule has 0 aromatic rings. The molecule has 1 fully saturated rings. The summed E-state index contributed by atoms with van der Waals surface area (Å²) in [5, 5.41) is 4.57. The van der Waals surface area contributed by atoms with E-state index in [1.165, 1.54) is 31.4 Å². The Labute approximate surface area is 113 Å². The highest BCUT2D eigenvalue weighted by molar-refractivity contribution is 7.99. The van der Waals surface area contributed by atoms with Gasteiger partial charge in [-0.2, -0.15) is 11.8 Å². The van der Waals surface area contributed by atoms with Crippen molar-refractivity contribution in [1.82, 2.24) is 5.32 Å². The van der Waals surface area contributed by atoms with Gasteiger partial charge in [-0.15, -0.1) is 0 Å². The first-order chi connectivity index (χ1) is 7.97. The molecule has 2 atom stereocenters. The van der Waals surface area contributed by atoms with E-state index in [1.54, 1.807) is 0 Å². The Hall–Kier alpha value is 0.310. The summed E-state index contributed by atoms with van der Waals surface area (Å²) in [6.45, 7) is 12.9. The quantitative estimate of drug-likeness (QED) is 0.760. The van der Waals surface area contributed by atoms with Gasteiger partial charge in [-0.25, -0.2) is 0 Å². The summed E-state index contributed by atoms with van der Waals surface area (Å²) in [6.07, 6.45) is 5.56. The Bertz CT molecular complexity index is 213. The molecule has 0 radical (unpaired) electrons. The topological polar surface area (TPSA) is 12.0 Å². The highest BCUT2D eigenvalue weighted by atomic mass is 32.2. The predicted octanol–water partition coefficient (Wildman–Crippen LogP) is 4.32. The molecule has 0 aliphatic heterocycles. The van der Waals surface area contributed by atoms with E-state index < -0.39 is 0 Å². The smallest absolute Gasteiger partial charge is 0.0237 e. The van der Waals surface area contributed by atoms with Gasteiger partial charge in [-0.1, -0.05) is 41.0 Å². The second-order valence-corrected chi connectivity index (χ2v) is 7.86. The third-order valence-corrected chi connectivity index (χ3v) is 5.38. The second kappa shape index (κ2) is 7.04. The molecule has 1 aliphatic carbocycles. The summed E-state index contributed by atoms with van der Waals surface area (Å²) < 4.78 is 0. The maximum absolute atomic E-state index is 3.74. The fourth-order valence-corrected chi connectivity index (χ4v) is 4.75. The fraction of sp³-hybridized carbons (Fsp3) is 1.00. The highest BCUT2D eigenvalue weighted by Gasteiger charge is 2.38. The van der Waals surface area contributed by atoms with Gasteiger partial charge in [0, 0.05) is 11.3 Å². The molecule has 1 rings (SSSR count). The zero-order valence-electron chi connectivity index (χ0n) is 12.4. The molecule has 0 bridgehead atoms. The van der Waals surface area contributed by atoms with Gasteiger partial charge < -0.3 is 5.32 Å². The summed E-state index contributed by atoms with van der Waals surface area (Å²) in [5.74, 6) is 2.18. The lowest BCUT2D eigenvalue weighted by atomic mass is 9.73. The average Bonchev–Trinajstić information content (AvgIpc) is 2.22. The predicted molar refractivity (Wildman–Crippen MR) is 80.8 cm³/mol. The van der Waals surface area contributed by atoms with E-state index in [2.05, 4.69) is 51.7 Å². The van der Waals surface area contributed by atoms with Crippen molar-refractivity contribution >= 4 is 11.8 Å². The molecule has 0 aromatic carbocycles. The summed E-state index contributed by atoms with van der Waals surface area (Å²) >= 11 is 2.21. The first-order valence-electron chi connectivity index (χ1n) is 7.32. The molecule has 102 valence electrons. The molecule has 1 nitrogen and oxygen atoms in total. The number of hydrogen-bond acceptors (Lipinski definition) is 2. The van der Waals surface area contributed by atoms with E-state index in [4.69, 9.17) is 0 Å². The lowest BCUT2D eigenvalue weighted by molar-refractivity contribution is 0.176. The van der Waals surface area contributed by atoms with E-state index >= 15 is 0 Å². The molecule has 1 saturated carbocycles. The van der Waals surface area contributed by atoms with Crippen molar-refractivity contribution in [3.8, 4) is 0 Å². The Morgan fingerprint density at radius 3 is 2.65 bits per heavy atom. The van der Waals surface area contributed by atoms with Crippen LogP contribution < -0.4 is 5.32 Å². The fourth-order valence-electron chi connectivity index (χ4n) is 2.85. The second-order valence-electron chi connectivity index (χ2n) is 6.51. The summed E-state index contributed by atoms with van der Waals surface area (Å²) in [5.41, 5.74) is 0.476. The van der Waals surface area contributed by atoms with Gasteiger partial charge in [0.1, 0.15) is 0 Å². The van der Waals surface area contributed by atoms with Gasteiger partial charge in [0.15, 0.2) is 0 Å². The van der Waals surface area contributed by atoms with Gasteiger partial charge >= 0.3 is 0 Å². The molecule has 1 aliphatic rings. The molecular formula is C15H31NS. The highest BCUT2D eigenvalue weighted by Crippen LogP contribution is 2.40. The van der Waals surface area contributed by atoms with Crippen molar-refractivity contribution in [3.05, 3.63) is 0 Å². The maximum Gasteiger partial charge on any atom is 0.0237 e. The summed E-state index contributed by atoms with van der Waals surface area (Å²) in [7, 11) is 0. The van der Waals surface area contributed by atoms with Crippen molar-refractivity contribution in [1.29, 1.82) is 0 Å². The Morgan fingerprint density at radius 2 is 2.06 bits per heavy atom. The van der Waals surface area contributed by atoms with Crippen LogP contribution in [0.25, 0.3) is 0 Å². The zero-order valence-corrected chi connectivity index (χ0v) is 13.2. The van der Waals surface area contributed by atoms with Crippen LogP contribution in [0, 0.1) is 11.3 Å². The van der Waals surface area contributed by atoms with E-state index in [9.17, 15) is 0 Å². The molecule has 1 N–H and O–H groups in total. The van der Waals surface area contributed by atoms with Crippen LogP contribution in [0.3, 0.4) is 0 Å². The zero-order chi connectivity index (χ0) is 12.9. The SMILES string of the molecule is CCNC1C(SCCC(C)C)CCCC1(C)C. The van der Waals surface area contributed by atoms with Crippen molar-refractivity contribution in [2.45, 2.75) is 71.6 Å². The third kappa shape index (κ3) is 4.82. The molecule has 2 unspecified atom stereocenters. The number of rotatable bonds is 6. The molecule has 0 saturated heterocycles. The Balaban J connectivity index is 2.49. The summed E-state index contributed by atoms with van der Waals surface area (Å²) in [6, 6.07) is 0.707. The lowest BCUT2D eigenvalue weighted by Crippen LogP contribution is -2.51. The number of thioether (sulfide) groups is 1. The molecule has 17 heavy (non-hydrogen) atoms. The van der Waals surface area contributed by atoms with Crippen LogP contribution in [0.2, 0.25) is 0 Å². The third-order valence-electron chi connectivity index (χ3n) is 3.97. The molecule has 2 heteroatoms. The largest absolute Gasteiger partial charge is 0.313 e. The van der Waals surface area contributed by atoms with Crippen LogP contribution in [0.5, 0.6) is 0 Å². The van der Waals surface area contributed by atoms with Crippen molar-refractivity contribution < 1.29 is 0 Å². The monoisotopic (exact) mass is 257 g/mol. The van der Waals surface area contributed by atoms with Crippen LogP contribution in [-0.4, -0.2) is 23.6 Å². The average molecular weight is 257 g/mol. The van der Waals surface area contributed by atoms with Gasteiger partial charge in [-0.3, -0.25) is 0 Å². The summed E-state index contributed by atoms with van der Waals surface area (Å²) in [4.78, 5) is 0. The number of hydrogen-bond donors (Lipinski definition) is 1. The normalized spacial score (nSPS) is 28.6. The van der Waals surface area contributed by atoms with Crippen molar-refractivity contribution in [2.24, 2.45) is 11.3 Å².